The number of anilines is 1. The summed E-state index contributed by atoms with van der Waals surface area (Å²) in [6.07, 6.45) is -0.601. The van der Waals surface area contributed by atoms with Gasteiger partial charge >= 0.3 is 6.09 Å². The first kappa shape index (κ1) is 13.3. The average Bonchev–Trinajstić information content (AvgIpc) is 3.01. The Hall–Kier alpha value is -1.70. The van der Waals surface area contributed by atoms with Crippen LogP contribution in [-0.2, 0) is 16.1 Å². The Kier molecular flexibility index (Phi) is 3.56. The van der Waals surface area contributed by atoms with Crippen molar-refractivity contribution in [2.24, 2.45) is 0 Å². The van der Waals surface area contributed by atoms with Gasteiger partial charge in [0.25, 0.3) is 0 Å². The van der Waals surface area contributed by atoms with E-state index in [1.165, 1.54) is 11.3 Å². The summed E-state index contributed by atoms with van der Waals surface area (Å²) in [7, 11) is 1.58. The van der Waals surface area contributed by atoms with E-state index in [1.807, 2.05) is 18.2 Å². The summed E-state index contributed by atoms with van der Waals surface area (Å²) < 4.78 is 11.2. The number of hydrogen-bond acceptors (Lipinski definition) is 6. The summed E-state index contributed by atoms with van der Waals surface area (Å²) in [6, 6.07) is 5.57. The lowest BCUT2D eigenvalue weighted by Crippen LogP contribution is -2.25. The predicted molar refractivity (Wildman–Crippen MR) is 75.0 cm³/mol. The lowest BCUT2D eigenvalue weighted by Gasteiger charge is -2.12. The molecule has 1 saturated heterocycles. The second-order valence-electron chi connectivity index (χ2n) is 4.49. The minimum atomic E-state index is -0.363. The van der Waals surface area contributed by atoms with Crippen LogP contribution >= 0.6 is 11.3 Å². The molecule has 106 valence electrons. The summed E-state index contributed by atoms with van der Waals surface area (Å²) >= 11 is 1.42. The molecule has 1 fully saturated rings. The number of aliphatic hydroxyl groups excluding tert-OH is 1. The summed E-state index contributed by atoms with van der Waals surface area (Å²) in [5.74, 6) is 0. The van der Waals surface area contributed by atoms with E-state index in [0.29, 0.717) is 18.2 Å². The first-order chi connectivity index (χ1) is 9.71. The van der Waals surface area contributed by atoms with Crippen molar-refractivity contribution in [2.75, 3.05) is 25.2 Å². The number of fused-ring (bicyclic) bond motifs is 1. The van der Waals surface area contributed by atoms with E-state index in [2.05, 4.69) is 4.98 Å². The highest BCUT2D eigenvalue weighted by molar-refractivity contribution is 7.18. The van der Waals surface area contributed by atoms with Crippen LogP contribution in [0.3, 0.4) is 0 Å². The van der Waals surface area contributed by atoms with Gasteiger partial charge in [0.1, 0.15) is 11.1 Å². The molecule has 1 aliphatic heterocycles. The van der Waals surface area contributed by atoms with Gasteiger partial charge in [-0.3, -0.25) is 4.90 Å². The molecular weight excluding hydrogens is 280 g/mol. The number of thiazole rings is 1. The Morgan fingerprint density at radius 1 is 1.60 bits per heavy atom. The molecule has 1 atom stereocenters. The number of carbonyl (C=O) groups is 1. The van der Waals surface area contributed by atoms with Gasteiger partial charge in [0.05, 0.1) is 30.0 Å². The zero-order valence-corrected chi connectivity index (χ0v) is 11.7. The first-order valence-corrected chi connectivity index (χ1v) is 7.00. The van der Waals surface area contributed by atoms with Gasteiger partial charge in [-0.25, -0.2) is 9.78 Å². The van der Waals surface area contributed by atoms with Crippen molar-refractivity contribution in [3.63, 3.8) is 0 Å². The van der Waals surface area contributed by atoms with E-state index >= 15 is 0 Å². The molecule has 0 spiro atoms. The molecule has 1 amide bonds. The SMILES string of the molecule is COCC1CN(c2ccc3nc(CO)sc3c2)C(=O)O1. The maximum Gasteiger partial charge on any atom is 0.414 e. The van der Waals surface area contributed by atoms with Crippen LogP contribution in [0.1, 0.15) is 5.01 Å². The third-order valence-electron chi connectivity index (χ3n) is 3.09. The van der Waals surface area contributed by atoms with E-state index in [0.717, 1.165) is 15.9 Å². The number of aromatic nitrogens is 1. The third-order valence-corrected chi connectivity index (χ3v) is 4.09. The van der Waals surface area contributed by atoms with Crippen molar-refractivity contribution in [3.05, 3.63) is 23.2 Å². The topological polar surface area (TPSA) is 71.9 Å². The van der Waals surface area contributed by atoms with Gasteiger partial charge in [-0.1, -0.05) is 0 Å². The normalized spacial score (nSPS) is 18.8. The predicted octanol–water partition coefficient (Wildman–Crippen LogP) is 1.76. The van der Waals surface area contributed by atoms with E-state index in [9.17, 15) is 4.79 Å². The number of benzene rings is 1. The first-order valence-electron chi connectivity index (χ1n) is 6.18. The van der Waals surface area contributed by atoms with Gasteiger partial charge in [-0.05, 0) is 18.2 Å². The van der Waals surface area contributed by atoms with Gasteiger partial charge in [0, 0.05) is 12.8 Å². The molecule has 7 heteroatoms. The highest BCUT2D eigenvalue weighted by atomic mass is 32.1. The minimum Gasteiger partial charge on any atom is -0.441 e. The van der Waals surface area contributed by atoms with Crippen molar-refractivity contribution < 1.29 is 19.4 Å². The fraction of sp³-hybridized carbons (Fsp3) is 0.385. The van der Waals surface area contributed by atoms with Crippen LogP contribution in [-0.4, -0.2) is 42.5 Å². The molecule has 6 nitrogen and oxygen atoms in total. The number of amides is 1. The molecule has 0 aliphatic carbocycles. The van der Waals surface area contributed by atoms with Crippen molar-refractivity contribution >= 4 is 33.3 Å². The number of ether oxygens (including phenoxy) is 2. The van der Waals surface area contributed by atoms with Crippen molar-refractivity contribution in [1.29, 1.82) is 0 Å². The van der Waals surface area contributed by atoms with Crippen LogP contribution in [0.2, 0.25) is 0 Å². The Morgan fingerprint density at radius 3 is 3.20 bits per heavy atom. The van der Waals surface area contributed by atoms with Gasteiger partial charge in [0.15, 0.2) is 0 Å². The smallest absolute Gasteiger partial charge is 0.414 e. The summed E-state index contributed by atoms with van der Waals surface area (Å²) in [5, 5.41) is 9.77. The van der Waals surface area contributed by atoms with E-state index < -0.39 is 0 Å². The number of nitrogens with zero attached hydrogens (tertiary/aromatic N) is 2. The molecule has 1 aliphatic rings. The van der Waals surface area contributed by atoms with Gasteiger partial charge < -0.3 is 14.6 Å². The second-order valence-corrected chi connectivity index (χ2v) is 5.60. The largest absolute Gasteiger partial charge is 0.441 e. The van der Waals surface area contributed by atoms with E-state index in [1.54, 1.807) is 12.0 Å². The van der Waals surface area contributed by atoms with Crippen LogP contribution in [0.15, 0.2) is 18.2 Å². The highest BCUT2D eigenvalue weighted by Crippen LogP contribution is 2.29. The molecule has 1 unspecified atom stereocenters. The second kappa shape index (κ2) is 5.35. The van der Waals surface area contributed by atoms with Crippen LogP contribution in [0.4, 0.5) is 10.5 Å². The quantitative estimate of drug-likeness (QED) is 0.930. The molecule has 0 saturated carbocycles. The van der Waals surface area contributed by atoms with Crippen molar-refractivity contribution in [2.45, 2.75) is 12.7 Å². The molecule has 1 aromatic heterocycles. The van der Waals surface area contributed by atoms with Gasteiger partial charge in [0.2, 0.25) is 0 Å². The molecule has 1 N–H and O–H groups in total. The molecular formula is C13H14N2O4S. The Morgan fingerprint density at radius 2 is 2.45 bits per heavy atom. The van der Waals surface area contributed by atoms with Gasteiger partial charge in [-0.2, -0.15) is 0 Å². The number of methoxy groups -OCH3 is 1. The number of cyclic esters (lactones) is 1. The van der Waals surface area contributed by atoms with Crippen molar-refractivity contribution in [3.8, 4) is 0 Å². The van der Waals surface area contributed by atoms with Gasteiger partial charge in [-0.15, -0.1) is 11.3 Å². The number of carbonyl (C=O) groups excluding carboxylic acids is 1. The van der Waals surface area contributed by atoms with Crippen LogP contribution < -0.4 is 4.90 Å². The fourth-order valence-electron chi connectivity index (χ4n) is 2.20. The summed E-state index contributed by atoms with van der Waals surface area (Å²) in [4.78, 5) is 17.7. The average molecular weight is 294 g/mol. The molecule has 2 aromatic rings. The number of aliphatic hydroxyl groups is 1. The molecule has 0 radical (unpaired) electrons. The van der Waals surface area contributed by atoms with E-state index in [4.69, 9.17) is 14.6 Å². The molecule has 20 heavy (non-hydrogen) atoms. The van der Waals surface area contributed by atoms with Crippen molar-refractivity contribution in [1.82, 2.24) is 4.98 Å². The molecule has 3 rings (SSSR count). The fourth-order valence-corrected chi connectivity index (χ4v) is 3.06. The Bertz CT molecular complexity index is 642. The molecule has 0 bridgehead atoms. The molecule has 2 heterocycles. The summed E-state index contributed by atoms with van der Waals surface area (Å²) in [5.41, 5.74) is 1.60. The Labute approximate surface area is 119 Å². The van der Waals surface area contributed by atoms with Crippen LogP contribution in [0.5, 0.6) is 0 Å². The van der Waals surface area contributed by atoms with Crippen LogP contribution in [0.25, 0.3) is 10.2 Å². The lowest BCUT2D eigenvalue weighted by atomic mass is 10.2. The Balaban J connectivity index is 1.88. The molecule has 1 aromatic carbocycles. The van der Waals surface area contributed by atoms with Crippen LogP contribution in [0, 0.1) is 0 Å². The van der Waals surface area contributed by atoms with E-state index in [-0.39, 0.29) is 18.8 Å². The zero-order valence-electron chi connectivity index (χ0n) is 10.9. The third kappa shape index (κ3) is 2.35. The maximum absolute atomic E-state index is 11.9. The highest BCUT2D eigenvalue weighted by Gasteiger charge is 2.32. The monoisotopic (exact) mass is 294 g/mol. The standard InChI is InChI=1S/C13H14N2O4S/c1-18-7-9-5-15(13(17)19-9)8-2-3-10-11(4-8)20-12(6-16)14-10/h2-4,9,16H,5-7H2,1H3. The zero-order chi connectivity index (χ0) is 14.1. The number of rotatable bonds is 4. The minimum absolute atomic E-state index is 0.0731. The lowest BCUT2D eigenvalue weighted by molar-refractivity contribution is 0.0718. The number of hydrogen-bond donors (Lipinski definition) is 1. The maximum atomic E-state index is 11.9. The summed E-state index contributed by atoms with van der Waals surface area (Å²) in [6.45, 7) is 0.792.